The van der Waals surface area contributed by atoms with E-state index in [0.29, 0.717) is 24.4 Å². The minimum absolute atomic E-state index is 0. The van der Waals surface area contributed by atoms with Crippen molar-refractivity contribution in [2.45, 2.75) is 58.0 Å². The molecule has 2 saturated heterocycles. The Hall–Kier alpha value is -0.650. The van der Waals surface area contributed by atoms with Crippen molar-refractivity contribution in [3.63, 3.8) is 0 Å². The molecule has 2 aliphatic rings. The zero-order valence-corrected chi connectivity index (χ0v) is 13.6. The van der Waals surface area contributed by atoms with Gasteiger partial charge in [-0.05, 0) is 45.4 Å². The van der Waals surface area contributed by atoms with Crippen LogP contribution in [-0.2, 0) is 4.79 Å². The van der Waals surface area contributed by atoms with Gasteiger partial charge in [0, 0.05) is 23.4 Å². The molecule has 1 amide bonds. The first kappa shape index (κ1) is 15.7. The van der Waals surface area contributed by atoms with Crippen LogP contribution < -0.4 is 10.6 Å². The molecule has 2 aliphatic heterocycles. The second kappa shape index (κ2) is 6.41. The van der Waals surface area contributed by atoms with E-state index in [1.807, 2.05) is 13.8 Å². The summed E-state index contributed by atoms with van der Waals surface area (Å²) in [6.07, 6.45) is 5.52. The van der Waals surface area contributed by atoms with Gasteiger partial charge in [0.2, 0.25) is 5.91 Å². The predicted octanol–water partition coefficient (Wildman–Crippen LogP) is 3.04. The molecule has 0 aliphatic carbocycles. The fourth-order valence-electron chi connectivity index (χ4n) is 3.30. The van der Waals surface area contributed by atoms with Crippen LogP contribution in [-0.4, -0.2) is 23.0 Å². The van der Waals surface area contributed by atoms with Gasteiger partial charge in [-0.1, -0.05) is 0 Å². The van der Waals surface area contributed by atoms with E-state index in [4.69, 9.17) is 0 Å². The molecule has 2 bridgehead atoms. The third kappa shape index (κ3) is 3.51. The Labute approximate surface area is 130 Å². The molecule has 2 N–H and O–H groups in total. The average molecular weight is 316 g/mol. The number of fused-ring (bicyclic) bond motifs is 2. The van der Waals surface area contributed by atoms with Gasteiger partial charge in [-0.3, -0.25) is 4.79 Å². The topological polar surface area (TPSA) is 54.0 Å². The Morgan fingerprint density at radius 2 is 2.00 bits per heavy atom. The highest BCUT2D eigenvalue weighted by Crippen LogP contribution is 2.33. The lowest BCUT2D eigenvalue weighted by Gasteiger charge is -2.28. The molecule has 6 heteroatoms. The van der Waals surface area contributed by atoms with Crippen molar-refractivity contribution >= 4 is 34.8 Å². The van der Waals surface area contributed by atoms with Crippen molar-refractivity contribution in [2.75, 3.05) is 5.32 Å². The summed E-state index contributed by atoms with van der Waals surface area (Å²) in [5.41, 5.74) is 1.01. The number of carbonyl (C=O) groups excluding carboxylic acids is 1. The molecular weight excluding hydrogens is 294 g/mol. The number of halogens is 1. The van der Waals surface area contributed by atoms with Crippen LogP contribution in [0.5, 0.6) is 0 Å². The number of piperidine rings is 1. The van der Waals surface area contributed by atoms with Gasteiger partial charge in [0.25, 0.3) is 0 Å². The quantitative estimate of drug-likeness (QED) is 0.901. The van der Waals surface area contributed by atoms with E-state index >= 15 is 0 Å². The number of nitrogens with zero attached hydrogens (tertiary/aromatic N) is 1. The molecule has 4 nitrogen and oxygen atoms in total. The van der Waals surface area contributed by atoms with Crippen molar-refractivity contribution in [3.8, 4) is 0 Å². The smallest absolute Gasteiger partial charge is 0.226 e. The predicted molar refractivity (Wildman–Crippen MR) is 84.8 cm³/mol. The number of carbonyl (C=O) groups is 1. The van der Waals surface area contributed by atoms with Crippen molar-refractivity contribution in [2.24, 2.45) is 5.92 Å². The highest BCUT2D eigenvalue weighted by Gasteiger charge is 2.34. The molecule has 2 fully saturated rings. The summed E-state index contributed by atoms with van der Waals surface area (Å²) in [5, 5.41) is 7.31. The van der Waals surface area contributed by atoms with Crippen LogP contribution in [0.2, 0.25) is 0 Å². The van der Waals surface area contributed by atoms with Gasteiger partial charge in [0.1, 0.15) is 0 Å². The highest BCUT2D eigenvalue weighted by molar-refractivity contribution is 7.15. The monoisotopic (exact) mass is 315 g/mol. The second-order valence-corrected chi connectivity index (χ2v) is 7.09. The van der Waals surface area contributed by atoms with Gasteiger partial charge >= 0.3 is 0 Å². The Morgan fingerprint density at radius 3 is 2.55 bits per heavy atom. The van der Waals surface area contributed by atoms with Crippen LogP contribution >= 0.6 is 23.7 Å². The van der Waals surface area contributed by atoms with E-state index < -0.39 is 0 Å². The summed E-state index contributed by atoms with van der Waals surface area (Å²) < 4.78 is 0. The zero-order chi connectivity index (χ0) is 13.4. The molecule has 3 heterocycles. The maximum absolute atomic E-state index is 12.1. The summed E-state index contributed by atoms with van der Waals surface area (Å²) in [6, 6.07) is 1.31. The Bertz CT molecular complexity index is 459. The third-order valence-electron chi connectivity index (χ3n) is 4.32. The summed E-state index contributed by atoms with van der Waals surface area (Å²) >= 11 is 1.56. The SMILES string of the molecule is Cc1nc(NC(=O)CC2CC3CCC(C2)N3)sc1C.Cl. The van der Waals surface area contributed by atoms with Crippen LogP contribution in [0.4, 0.5) is 5.13 Å². The van der Waals surface area contributed by atoms with E-state index in [-0.39, 0.29) is 18.3 Å². The summed E-state index contributed by atoms with van der Waals surface area (Å²) in [5.74, 6) is 0.668. The van der Waals surface area contributed by atoms with Crippen molar-refractivity contribution < 1.29 is 4.79 Å². The van der Waals surface area contributed by atoms with Crippen molar-refractivity contribution in [1.82, 2.24) is 10.3 Å². The molecule has 0 saturated carbocycles. The second-order valence-electron chi connectivity index (χ2n) is 5.89. The van der Waals surface area contributed by atoms with E-state index in [9.17, 15) is 4.79 Å². The average Bonchev–Trinajstić information content (AvgIpc) is 2.82. The normalized spacial score (nSPS) is 28.0. The maximum Gasteiger partial charge on any atom is 0.226 e. The largest absolute Gasteiger partial charge is 0.311 e. The van der Waals surface area contributed by atoms with Crippen LogP contribution in [0.1, 0.15) is 42.7 Å². The Kier molecular flexibility index (Phi) is 5.04. The van der Waals surface area contributed by atoms with E-state index in [0.717, 1.165) is 23.7 Å². The van der Waals surface area contributed by atoms with Gasteiger partial charge in [0.05, 0.1) is 5.69 Å². The number of aromatic nitrogens is 1. The Morgan fingerprint density at radius 1 is 1.35 bits per heavy atom. The lowest BCUT2D eigenvalue weighted by Crippen LogP contribution is -2.39. The van der Waals surface area contributed by atoms with Gasteiger partial charge < -0.3 is 10.6 Å². The first-order valence-corrected chi connectivity index (χ1v) is 7.91. The summed E-state index contributed by atoms with van der Waals surface area (Å²) in [6.45, 7) is 4.01. The first-order valence-electron chi connectivity index (χ1n) is 7.10. The van der Waals surface area contributed by atoms with Gasteiger partial charge in [0.15, 0.2) is 5.13 Å². The van der Waals surface area contributed by atoms with Gasteiger partial charge in [-0.25, -0.2) is 4.98 Å². The first-order chi connectivity index (χ1) is 9.10. The number of anilines is 1. The minimum atomic E-state index is 0. The molecule has 1 aromatic heterocycles. The van der Waals surface area contributed by atoms with Crippen LogP contribution in [0.25, 0.3) is 0 Å². The number of hydrogen-bond acceptors (Lipinski definition) is 4. The molecule has 20 heavy (non-hydrogen) atoms. The lowest BCUT2D eigenvalue weighted by molar-refractivity contribution is -0.117. The van der Waals surface area contributed by atoms with Crippen LogP contribution in [0.15, 0.2) is 0 Å². The molecule has 2 atom stereocenters. The number of rotatable bonds is 3. The molecule has 1 aromatic rings. The maximum atomic E-state index is 12.1. The molecule has 0 spiro atoms. The van der Waals surface area contributed by atoms with Crippen LogP contribution in [0.3, 0.4) is 0 Å². The zero-order valence-electron chi connectivity index (χ0n) is 11.9. The minimum Gasteiger partial charge on any atom is -0.311 e. The van der Waals surface area contributed by atoms with Crippen molar-refractivity contribution in [3.05, 3.63) is 10.6 Å². The summed E-state index contributed by atoms with van der Waals surface area (Å²) in [4.78, 5) is 17.6. The highest BCUT2D eigenvalue weighted by atomic mass is 35.5. The van der Waals surface area contributed by atoms with E-state index in [1.54, 1.807) is 11.3 Å². The molecule has 0 radical (unpaired) electrons. The van der Waals surface area contributed by atoms with E-state index in [2.05, 4.69) is 15.6 Å². The summed E-state index contributed by atoms with van der Waals surface area (Å²) in [7, 11) is 0. The number of thiazole rings is 1. The van der Waals surface area contributed by atoms with E-state index in [1.165, 1.54) is 17.7 Å². The molecule has 2 unspecified atom stereocenters. The molecular formula is C14H22ClN3OS. The molecule has 3 rings (SSSR count). The van der Waals surface area contributed by atoms with Gasteiger partial charge in [-0.2, -0.15) is 0 Å². The Balaban J connectivity index is 0.00000147. The fraction of sp³-hybridized carbons (Fsp3) is 0.714. The standard InChI is InChI=1S/C14H21N3OS.ClH/c1-8-9(2)19-14(15-8)17-13(18)7-10-5-11-3-4-12(6-10)16-11;/h10-12,16H,3-7H2,1-2H3,(H,15,17,18);1H. The number of aryl methyl sites for hydroxylation is 2. The fourth-order valence-corrected chi connectivity index (χ4v) is 4.13. The number of amides is 1. The lowest BCUT2D eigenvalue weighted by atomic mass is 9.89. The van der Waals surface area contributed by atoms with Crippen LogP contribution in [0, 0.1) is 19.8 Å². The molecule has 0 aromatic carbocycles. The number of hydrogen-bond donors (Lipinski definition) is 2. The van der Waals surface area contributed by atoms with Crippen molar-refractivity contribution in [1.29, 1.82) is 0 Å². The van der Waals surface area contributed by atoms with Gasteiger partial charge in [-0.15, -0.1) is 23.7 Å². The number of nitrogens with one attached hydrogen (secondary N) is 2. The third-order valence-corrected chi connectivity index (χ3v) is 5.31. The molecule has 112 valence electrons.